The summed E-state index contributed by atoms with van der Waals surface area (Å²) in [5.74, 6) is -2.42. The number of benzene rings is 1. The fourth-order valence-corrected chi connectivity index (χ4v) is 2.57. The van der Waals surface area contributed by atoms with Crippen LogP contribution in [0.3, 0.4) is 0 Å². The van der Waals surface area contributed by atoms with Crippen LogP contribution in [-0.2, 0) is 30.3 Å². The number of hydrogen-bond donors (Lipinski definition) is 0. The third kappa shape index (κ3) is 3.29. The van der Waals surface area contributed by atoms with E-state index in [1.807, 2.05) is 38.1 Å². The van der Waals surface area contributed by atoms with Crippen LogP contribution in [0.5, 0.6) is 0 Å². The Balaban J connectivity index is 2.03. The SMILES string of the molecule is CC(=O)C(=O)OCC(=O)OC1c2ccccc2CC1(C)C. The summed E-state index contributed by atoms with van der Waals surface area (Å²) in [4.78, 5) is 33.6. The molecular formula is C16H18O5. The van der Waals surface area contributed by atoms with Crippen molar-refractivity contribution in [2.45, 2.75) is 33.3 Å². The Morgan fingerprint density at radius 1 is 1.24 bits per heavy atom. The number of carbonyl (C=O) groups is 3. The molecule has 0 fully saturated rings. The van der Waals surface area contributed by atoms with Gasteiger partial charge in [0.2, 0.25) is 5.78 Å². The van der Waals surface area contributed by atoms with Crippen LogP contribution in [0.2, 0.25) is 0 Å². The predicted octanol–water partition coefficient (Wildman–Crippen LogP) is 1.99. The highest BCUT2D eigenvalue weighted by molar-refractivity contribution is 6.32. The fourth-order valence-electron chi connectivity index (χ4n) is 2.57. The summed E-state index contributed by atoms with van der Waals surface area (Å²) in [6, 6.07) is 7.80. The Bertz CT molecular complexity index is 588. The van der Waals surface area contributed by atoms with Gasteiger partial charge in [-0.1, -0.05) is 38.1 Å². The zero-order chi connectivity index (χ0) is 15.6. The maximum absolute atomic E-state index is 11.8. The predicted molar refractivity (Wildman–Crippen MR) is 74.4 cm³/mol. The van der Waals surface area contributed by atoms with Crippen LogP contribution in [0, 0.1) is 5.41 Å². The van der Waals surface area contributed by atoms with Crippen molar-refractivity contribution >= 4 is 17.7 Å². The number of rotatable bonds is 4. The van der Waals surface area contributed by atoms with Gasteiger partial charge >= 0.3 is 11.9 Å². The fraction of sp³-hybridized carbons (Fsp3) is 0.438. The zero-order valence-corrected chi connectivity index (χ0v) is 12.3. The summed E-state index contributed by atoms with van der Waals surface area (Å²) >= 11 is 0. The molecule has 1 aliphatic rings. The summed E-state index contributed by atoms with van der Waals surface area (Å²) in [6.45, 7) is 4.58. The van der Waals surface area contributed by atoms with Gasteiger partial charge in [0.25, 0.3) is 0 Å². The van der Waals surface area contributed by atoms with Gasteiger partial charge < -0.3 is 9.47 Å². The minimum Gasteiger partial charge on any atom is -0.454 e. The van der Waals surface area contributed by atoms with Crippen molar-refractivity contribution in [3.8, 4) is 0 Å². The van der Waals surface area contributed by atoms with Crippen molar-refractivity contribution in [2.24, 2.45) is 5.41 Å². The molecule has 1 aromatic carbocycles. The summed E-state index contributed by atoms with van der Waals surface area (Å²) in [6.07, 6.45) is 0.436. The Kier molecular flexibility index (Phi) is 4.11. The van der Waals surface area contributed by atoms with Crippen molar-refractivity contribution in [3.05, 3.63) is 35.4 Å². The van der Waals surface area contributed by atoms with Gasteiger partial charge in [-0.25, -0.2) is 9.59 Å². The van der Waals surface area contributed by atoms with Crippen LogP contribution >= 0.6 is 0 Å². The number of ketones is 1. The van der Waals surface area contributed by atoms with Gasteiger partial charge in [-0.05, 0) is 17.5 Å². The van der Waals surface area contributed by atoms with Gasteiger partial charge in [0.1, 0.15) is 6.10 Å². The largest absolute Gasteiger partial charge is 0.454 e. The van der Waals surface area contributed by atoms with Crippen molar-refractivity contribution in [1.82, 2.24) is 0 Å². The molecule has 0 N–H and O–H groups in total. The minimum absolute atomic E-state index is 0.218. The molecule has 0 bridgehead atoms. The molecule has 2 rings (SSSR count). The van der Waals surface area contributed by atoms with E-state index in [4.69, 9.17) is 4.74 Å². The quantitative estimate of drug-likeness (QED) is 0.626. The second-order valence-corrected chi connectivity index (χ2v) is 5.87. The van der Waals surface area contributed by atoms with E-state index in [1.165, 1.54) is 0 Å². The Hall–Kier alpha value is -2.17. The molecule has 0 aliphatic heterocycles. The van der Waals surface area contributed by atoms with Crippen LogP contribution in [-0.4, -0.2) is 24.3 Å². The van der Waals surface area contributed by atoms with Crippen LogP contribution in [0.4, 0.5) is 0 Å². The highest BCUT2D eigenvalue weighted by Gasteiger charge is 2.41. The van der Waals surface area contributed by atoms with Crippen LogP contribution in [0.15, 0.2) is 24.3 Å². The molecule has 5 nitrogen and oxygen atoms in total. The van der Waals surface area contributed by atoms with Gasteiger partial charge in [0, 0.05) is 12.3 Å². The molecule has 0 amide bonds. The van der Waals surface area contributed by atoms with E-state index in [2.05, 4.69) is 4.74 Å². The van der Waals surface area contributed by atoms with Crippen molar-refractivity contribution in [2.75, 3.05) is 6.61 Å². The molecule has 5 heteroatoms. The minimum atomic E-state index is -1.03. The first-order chi connectivity index (χ1) is 9.81. The van der Waals surface area contributed by atoms with E-state index in [9.17, 15) is 14.4 Å². The Morgan fingerprint density at radius 3 is 2.57 bits per heavy atom. The second kappa shape index (κ2) is 5.68. The number of Topliss-reactive ketones (excluding diaryl/α,β-unsaturated/α-hetero) is 1. The highest BCUT2D eigenvalue weighted by Crippen LogP contribution is 2.47. The molecule has 0 spiro atoms. The molecule has 112 valence electrons. The van der Waals surface area contributed by atoms with E-state index < -0.39 is 24.3 Å². The number of hydrogen-bond acceptors (Lipinski definition) is 5. The van der Waals surface area contributed by atoms with Gasteiger partial charge in [0.15, 0.2) is 6.61 Å². The van der Waals surface area contributed by atoms with E-state index in [-0.39, 0.29) is 11.5 Å². The lowest BCUT2D eigenvalue weighted by atomic mass is 9.87. The maximum Gasteiger partial charge on any atom is 0.374 e. The Labute approximate surface area is 123 Å². The maximum atomic E-state index is 11.8. The Morgan fingerprint density at radius 2 is 1.90 bits per heavy atom. The topological polar surface area (TPSA) is 69.7 Å². The number of carbonyl (C=O) groups excluding carboxylic acids is 3. The molecular weight excluding hydrogens is 272 g/mol. The summed E-state index contributed by atoms with van der Waals surface area (Å²) in [7, 11) is 0. The smallest absolute Gasteiger partial charge is 0.374 e. The van der Waals surface area contributed by atoms with E-state index in [1.54, 1.807) is 0 Å². The van der Waals surface area contributed by atoms with E-state index in [0.717, 1.165) is 24.5 Å². The molecule has 21 heavy (non-hydrogen) atoms. The van der Waals surface area contributed by atoms with Crippen LogP contribution in [0.1, 0.15) is 38.0 Å². The molecule has 0 aromatic heterocycles. The second-order valence-electron chi connectivity index (χ2n) is 5.87. The summed E-state index contributed by atoms with van der Waals surface area (Å²) in [5.41, 5.74) is 1.92. The van der Waals surface area contributed by atoms with Crippen molar-refractivity contribution in [3.63, 3.8) is 0 Å². The molecule has 0 saturated heterocycles. The van der Waals surface area contributed by atoms with E-state index >= 15 is 0 Å². The van der Waals surface area contributed by atoms with Gasteiger partial charge in [0.05, 0.1) is 0 Å². The molecule has 0 saturated carbocycles. The number of esters is 2. The number of ether oxygens (including phenoxy) is 2. The third-order valence-electron chi connectivity index (χ3n) is 3.55. The normalized spacial score (nSPS) is 18.7. The molecule has 1 unspecified atom stereocenters. The first kappa shape index (κ1) is 15.2. The van der Waals surface area contributed by atoms with Crippen molar-refractivity contribution < 1.29 is 23.9 Å². The molecule has 0 radical (unpaired) electrons. The summed E-state index contributed by atoms with van der Waals surface area (Å²) in [5, 5.41) is 0. The lowest BCUT2D eigenvalue weighted by molar-refractivity contribution is -0.167. The monoisotopic (exact) mass is 290 g/mol. The van der Waals surface area contributed by atoms with Gasteiger partial charge in [-0.15, -0.1) is 0 Å². The van der Waals surface area contributed by atoms with Gasteiger partial charge in [-0.3, -0.25) is 4.79 Å². The molecule has 1 aliphatic carbocycles. The summed E-state index contributed by atoms with van der Waals surface area (Å²) < 4.78 is 10.0. The lowest BCUT2D eigenvalue weighted by Gasteiger charge is -2.27. The zero-order valence-electron chi connectivity index (χ0n) is 12.3. The standard InChI is InChI=1S/C16H18O5/c1-10(17)15(19)20-9-13(18)21-14-12-7-5-4-6-11(12)8-16(14,2)3/h4-7,14H,8-9H2,1-3H3. The highest BCUT2D eigenvalue weighted by atomic mass is 16.6. The van der Waals surface area contributed by atoms with Crippen LogP contribution in [0.25, 0.3) is 0 Å². The molecule has 1 atom stereocenters. The third-order valence-corrected chi connectivity index (χ3v) is 3.55. The van der Waals surface area contributed by atoms with Gasteiger partial charge in [-0.2, -0.15) is 0 Å². The first-order valence-electron chi connectivity index (χ1n) is 6.76. The average molecular weight is 290 g/mol. The lowest BCUT2D eigenvalue weighted by Crippen LogP contribution is -2.26. The number of fused-ring (bicyclic) bond motifs is 1. The van der Waals surface area contributed by atoms with Crippen LogP contribution < -0.4 is 0 Å². The van der Waals surface area contributed by atoms with Crippen molar-refractivity contribution in [1.29, 1.82) is 0 Å². The first-order valence-corrected chi connectivity index (χ1v) is 6.76. The van der Waals surface area contributed by atoms with E-state index in [0.29, 0.717) is 0 Å². The molecule has 1 aromatic rings. The molecule has 0 heterocycles. The average Bonchev–Trinajstić information content (AvgIpc) is 2.67.